The lowest BCUT2D eigenvalue weighted by molar-refractivity contribution is -0.303. The Morgan fingerprint density at radius 3 is 2.55 bits per heavy atom. The molecular weight excluding hydrogens is 297 g/mol. The highest BCUT2D eigenvalue weighted by atomic mass is 32.2. The molecule has 1 fully saturated rings. The fourth-order valence-electron chi connectivity index (χ4n) is 1.50. The van der Waals surface area contributed by atoms with Crippen LogP contribution in [-0.4, -0.2) is 22.3 Å². The van der Waals surface area contributed by atoms with E-state index < -0.39 is 34.6 Å². The first-order valence-electron chi connectivity index (χ1n) is 5.22. The molecule has 2 rings (SSSR count). The summed E-state index contributed by atoms with van der Waals surface area (Å²) in [6.45, 7) is 0. The maximum absolute atomic E-state index is 12.7. The van der Waals surface area contributed by atoms with E-state index in [0.717, 1.165) is 12.1 Å². The first kappa shape index (κ1) is 14.4. The van der Waals surface area contributed by atoms with Crippen LogP contribution in [0.25, 0.3) is 0 Å². The number of carboxylic acid groups (broad SMARTS) is 1. The largest absolute Gasteiger partial charge is 0.548 e. The second-order valence-corrected chi connectivity index (χ2v) is 4.83. The lowest BCUT2D eigenvalue weighted by atomic mass is 10.2. The van der Waals surface area contributed by atoms with Gasteiger partial charge in [0, 0.05) is 0 Å². The van der Waals surface area contributed by atoms with E-state index in [1.165, 1.54) is 12.1 Å². The number of nitrogens with zero attached hydrogens (tertiary/aromatic N) is 1. The number of carboxylic acids is 1. The van der Waals surface area contributed by atoms with Gasteiger partial charge < -0.3 is 15.2 Å². The standard InChI is InChI=1S/C11H7F3N2O3S/c12-11(13,14)5-3-1-2-4-6(5)15-10-16-8(17)7(20-10)9(18)19/h1-4,7H,(H,18,19)(H,15,16,17)/p-1. The molecule has 1 aliphatic heterocycles. The van der Waals surface area contributed by atoms with E-state index in [1.54, 1.807) is 0 Å². The monoisotopic (exact) mass is 303 g/mol. The normalized spacial score (nSPS) is 21.1. The van der Waals surface area contributed by atoms with E-state index >= 15 is 0 Å². The third-order valence-electron chi connectivity index (χ3n) is 2.34. The maximum Gasteiger partial charge on any atom is 0.418 e. The van der Waals surface area contributed by atoms with Crippen molar-refractivity contribution in [3.8, 4) is 0 Å². The molecule has 106 valence electrons. The number of aliphatic carboxylic acids is 1. The average Bonchev–Trinajstić information content (AvgIpc) is 2.69. The summed E-state index contributed by atoms with van der Waals surface area (Å²) in [5.41, 5.74) is -1.37. The van der Waals surface area contributed by atoms with Crippen LogP contribution in [-0.2, 0) is 15.8 Å². The Kier molecular flexibility index (Phi) is 3.71. The van der Waals surface area contributed by atoms with Crippen molar-refractivity contribution >= 4 is 34.5 Å². The Balaban J connectivity index is 2.34. The van der Waals surface area contributed by atoms with E-state index in [0.29, 0.717) is 11.8 Å². The summed E-state index contributed by atoms with van der Waals surface area (Å²) in [6.07, 6.45) is -4.60. The van der Waals surface area contributed by atoms with E-state index in [-0.39, 0.29) is 5.17 Å². The van der Waals surface area contributed by atoms with E-state index in [2.05, 4.69) is 10.3 Å². The Labute approximate surface area is 114 Å². The predicted molar refractivity (Wildman–Crippen MR) is 63.1 cm³/mol. The summed E-state index contributed by atoms with van der Waals surface area (Å²) in [5.74, 6) is -2.50. The zero-order valence-electron chi connectivity index (χ0n) is 9.60. The fraction of sp³-hybridized carbons (Fsp3) is 0.182. The number of thioether (sulfide) groups is 1. The van der Waals surface area contributed by atoms with E-state index in [4.69, 9.17) is 0 Å². The molecule has 0 radical (unpaired) electrons. The molecule has 1 aliphatic rings. The van der Waals surface area contributed by atoms with Gasteiger partial charge in [-0.2, -0.15) is 13.2 Å². The average molecular weight is 303 g/mol. The summed E-state index contributed by atoms with van der Waals surface area (Å²) in [7, 11) is 0. The second-order valence-electron chi connectivity index (χ2n) is 3.74. The molecule has 1 aromatic rings. The number of rotatable bonds is 2. The molecule has 1 amide bonds. The minimum atomic E-state index is -4.60. The zero-order chi connectivity index (χ0) is 14.9. The summed E-state index contributed by atoms with van der Waals surface area (Å²) >= 11 is 0.501. The van der Waals surface area contributed by atoms with Crippen LogP contribution in [0.15, 0.2) is 29.3 Å². The van der Waals surface area contributed by atoms with Crippen LogP contribution < -0.4 is 10.4 Å². The topological polar surface area (TPSA) is 81.6 Å². The number of amides is 1. The van der Waals surface area contributed by atoms with Gasteiger partial charge in [0.1, 0.15) is 5.25 Å². The van der Waals surface area contributed by atoms with Gasteiger partial charge in [-0.3, -0.25) is 4.79 Å². The first-order valence-corrected chi connectivity index (χ1v) is 6.10. The van der Waals surface area contributed by atoms with E-state index in [1.807, 2.05) is 0 Å². The predicted octanol–water partition coefficient (Wildman–Crippen LogP) is 0.674. The summed E-state index contributed by atoms with van der Waals surface area (Å²) in [6, 6.07) is 4.52. The van der Waals surface area contributed by atoms with Crippen molar-refractivity contribution < 1.29 is 27.9 Å². The van der Waals surface area contributed by atoms with Crippen LogP contribution in [0, 0.1) is 0 Å². The molecule has 0 aromatic heterocycles. The number of halogens is 3. The Morgan fingerprint density at radius 2 is 2.00 bits per heavy atom. The number of nitrogens with one attached hydrogen (secondary N) is 1. The van der Waals surface area contributed by atoms with Gasteiger partial charge in [0.25, 0.3) is 0 Å². The number of hydrogen-bond donors (Lipinski definition) is 1. The van der Waals surface area contributed by atoms with Gasteiger partial charge in [-0.15, -0.1) is 0 Å². The number of carbonyl (C=O) groups excluding carboxylic acids is 2. The van der Waals surface area contributed by atoms with E-state index in [9.17, 15) is 27.9 Å². The Morgan fingerprint density at radius 1 is 1.35 bits per heavy atom. The molecule has 5 nitrogen and oxygen atoms in total. The van der Waals surface area contributed by atoms with Crippen LogP contribution >= 0.6 is 11.8 Å². The van der Waals surface area contributed by atoms with Gasteiger partial charge in [-0.1, -0.05) is 23.9 Å². The lowest BCUT2D eigenvalue weighted by Crippen LogP contribution is -2.39. The molecule has 1 aromatic carbocycles. The fourth-order valence-corrected chi connectivity index (χ4v) is 2.29. The molecule has 1 N–H and O–H groups in total. The molecule has 0 aliphatic carbocycles. The second kappa shape index (κ2) is 5.16. The number of amidine groups is 1. The van der Waals surface area contributed by atoms with Gasteiger partial charge in [-0.25, -0.2) is 4.99 Å². The summed E-state index contributed by atoms with van der Waals surface area (Å²) < 4.78 is 38.2. The minimum Gasteiger partial charge on any atom is -0.548 e. The molecule has 1 unspecified atom stereocenters. The molecule has 1 atom stereocenters. The van der Waals surface area contributed by atoms with Crippen molar-refractivity contribution in [3.63, 3.8) is 0 Å². The minimum absolute atomic E-state index is 0.207. The zero-order valence-corrected chi connectivity index (χ0v) is 10.4. The van der Waals surface area contributed by atoms with Crippen LogP contribution in [0.3, 0.4) is 0 Å². The maximum atomic E-state index is 12.7. The molecule has 0 spiro atoms. The SMILES string of the molecule is O=C([O-])C1SC(=Nc2ccccc2C(F)(F)F)NC1=O. The van der Waals surface area contributed by atoms with Gasteiger partial charge in [0.2, 0.25) is 5.91 Å². The highest BCUT2D eigenvalue weighted by molar-refractivity contribution is 8.16. The molecule has 9 heteroatoms. The van der Waals surface area contributed by atoms with Crippen molar-refractivity contribution in [2.45, 2.75) is 11.4 Å². The van der Waals surface area contributed by atoms with Crippen molar-refractivity contribution in [2.75, 3.05) is 0 Å². The smallest absolute Gasteiger partial charge is 0.418 e. The number of alkyl halides is 3. The molecule has 1 saturated heterocycles. The molecule has 0 bridgehead atoms. The Hall–Kier alpha value is -2.03. The Bertz CT molecular complexity index is 601. The number of aliphatic imine (C=N–C) groups is 1. The highest BCUT2D eigenvalue weighted by Gasteiger charge is 2.35. The van der Waals surface area contributed by atoms with Crippen molar-refractivity contribution in [1.29, 1.82) is 0 Å². The number of para-hydroxylation sites is 1. The number of benzene rings is 1. The summed E-state index contributed by atoms with van der Waals surface area (Å²) in [5, 5.41) is 11.0. The number of hydrogen-bond acceptors (Lipinski definition) is 5. The highest BCUT2D eigenvalue weighted by Crippen LogP contribution is 2.36. The quantitative estimate of drug-likeness (QED) is 0.814. The van der Waals surface area contributed by atoms with Crippen molar-refractivity contribution in [3.05, 3.63) is 29.8 Å². The molecular formula is C11H6F3N2O3S-. The van der Waals surface area contributed by atoms with Crippen LogP contribution in [0.4, 0.5) is 18.9 Å². The number of carbonyl (C=O) groups is 2. The summed E-state index contributed by atoms with van der Waals surface area (Å²) in [4.78, 5) is 25.5. The van der Waals surface area contributed by atoms with Gasteiger partial charge in [-0.05, 0) is 12.1 Å². The molecule has 1 heterocycles. The van der Waals surface area contributed by atoms with Crippen LogP contribution in [0.5, 0.6) is 0 Å². The van der Waals surface area contributed by atoms with Gasteiger partial charge >= 0.3 is 6.18 Å². The van der Waals surface area contributed by atoms with Crippen LogP contribution in [0.1, 0.15) is 5.56 Å². The lowest BCUT2D eigenvalue weighted by Gasteiger charge is -2.09. The third kappa shape index (κ3) is 2.93. The van der Waals surface area contributed by atoms with Gasteiger partial charge in [0.05, 0.1) is 17.2 Å². The third-order valence-corrected chi connectivity index (χ3v) is 3.40. The molecule has 0 saturated carbocycles. The van der Waals surface area contributed by atoms with Crippen molar-refractivity contribution in [2.24, 2.45) is 4.99 Å². The van der Waals surface area contributed by atoms with Gasteiger partial charge in [0.15, 0.2) is 5.17 Å². The first-order chi connectivity index (χ1) is 9.29. The van der Waals surface area contributed by atoms with Crippen molar-refractivity contribution in [1.82, 2.24) is 5.32 Å². The van der Waals surface area contributed by atoms with Crippen LogP contribution in [0.2, 0.25) is 0 Å². The molecule has 20 heavy (non-hydrogen) atoms.